The monoisotopic (exact) mass is 228 g/mol. The first-order valence-corrected chi connectivity index (χ1v) is 5.65. The Kier molecular flexibility index (Phi) is 3.50. The smallest absolute Gasteiger partial charge is 0.129 e. The van der Waals surface area contributed by atoms with Crippen molar-refractivity contribution in [1.29, 1.82) is 0 Å². The average Bonchev–Trinajstić information content (AvgIpc) is 2.33. The molecule has 0 aliphatic heterocycles. The minimum atomic E-state index is 0.735. The zero-order valence-corrected chi connectivity index (χ0v) is 9.81. The van der Waals surface area contributed by atoms with Crippen molar-refractivity contribution in [1.82, 2.24) is 0 Å². The van der Waals surface area contributed by atoms with Crippen molar-refractivity contribution < 1.29 is 4.74 Å². The predicted molar refractivity (Wildman–Crippen MR) is 71.5 cm³/mol. The van der Waals surface area contributed by atoms with Gasteiger partial charge < -0.3 is 15.8 Å². The fourth-order valence-electron chi connectivity index (χ4n) is 1.55. The molecule has 0 fully saturated rings. The van der Waals surface area contributed by atoms with Gasteiger partial charge in [0, 0.05) is 24.0 Å². The average molecular weight is 228 g/mol. The number of rotatable bonds is 4. The second-order valence-electron chi connectivity index (χ2n) is 3.73. The Hall–Kier alpha value is -2.16. The van der Waals surface area contributed by atoms with Crippen LogP contribution in [-0.2, 0) is 0 Å². The summed E-state index contributed by atoms with van der Waals surface area (Å²) >= 11 is 0. The van der Waals surface area contributed by atoms with Crippen LogP contribution in [0.25, 0.3) is 0 Å². The molecule has 3 N–H and O–H groups in total. The van der Waals surface area contributed by atoms with Gasteiger partial charge in [0.15, 0.2) is 0 Å². The van der Waals surface area contributed by atoms with E-state index in [1.807, 2.05) is 48.5 Å². The first kappa shape index (κ1) is 11.3. The Morgan fingerprint density at radius 2 is 1.82 bits per heavy atom. The number of ether oxygens (including phenoxy) is 1. The van der Waals surface area contributed by atoms with E-state index in [1.54, 1.807) is 0 Å². The van der Waals surface area contributed by atoms with E-state index >= 15 is 0 Å². The van der Waals surface area contributed by atoms with Crippen LogP contribution in [0.2, 0.25) is 0 Å². The SMILES string of the molecule is CCNc1cccc(Oc2ccc(N)cc2)c1. The normalized spacial score (nSPS) is 9.94. The van der Waals surface area contributed by atoms with Gasteiger partial charge in [-0.05, 0) is 43.3 Å². The summed E-state index contributed by atoms with van der Waals surface area (Å²) in [7, 11) is 0. The van der Waals surface area contributed by atoms with Crippen LogP contribution in [-0.4, -0.2) is 6.54 Å². The summed E-state index contributed by atoms with van der Waals surface area (Å²) in [6.45, 7) is 2.96. The lowest BCUT2D eigenvalue weighted by Gasteiger charge is -2.08. The third kappa shape index (κ3) is 3.14. The van der Waals surface area contributed by atoms with Crippen LogP contribution in [0.15, 0.2) is 48.5 Å². The summed E-state index contributed by atoms with van der Waals surface area (Å²) in [5.74, 6) is 1.60. The molecule has 0 saturated heterocycles. The zero-order valence-electron chi connectivity index (χ0n) is 9.81. The third-order valence-corrected chi connectivity index (χ3v) is 2.33. The minimum absolute atomic E-state index is 0.735. The lowest BCUT2D eigenvalue weighted by atomic mass is 10.3. The molecule has 0 radical (unpaired) electrons. The molecule has 2 aromatic carbocycles. The molecule has 0 amide bonds. The van der Waals surface area contributed by atoms with Crippen LogP contribution in [0.1, 0.15) is 6.92 Å². The summed E-state index contributed by atoms with van der Waals surface area (Å²) < 4.78 is 5.72. The van der Waals surface area contributed by atoms with Gasteiger partial charge in [-0.2, -0.15) is 0 Å². The maximum atomic E-state index is 5.72. The van der Waals surface area contributed by atoms with Gasteiger partial charge in [-0.15, -0.1) is 0 Å². The molecule has 0 atom stereocenters. The standard InChI is InChI=1S/C14H16N2O/c1-2-16-12-4-3-5-14(10-12)17-13-8-6-11(15)7-9-13/h3-10,16H,2,15H2,1H3. The Morgan fingerprint density at radius 3 is 2.53 bits per heavy atom. The van der Waals surface area contributed by atoms with Crippen LogP contribution >= 0.6 is 0 Å². The van der Waals surface area contributed by atoms with E-state index in [0.717, 1.165) is 29.4 Å². The van der Waals surface area contributed by atoms with E-state index < -0.39 is 0 Å². The van der Waals surface area contributed by atoms with E-state index in [1.165, 1.54) is 0 Å². The van der Waals surface area contributed by atoms with Gasteiger partial charge in [0.2, 0.25) is 0 Å². The summed E-state index contributed by atoms with van der Waals surface area (Å²) in [5.41, 5.74) is 7.41. The van der Waals surface area contributed by atoms with Crippen molar-refractivity contribution in [3.63, 3.8) is 0 Å². The van der Waals surface area contributed by atoms with Crippen LogP contribution in [0.3, 0.4) is 0 Å². The molecule has 0 spiro atoms. The highest BCUT2D eigenvalue weighted by Crippen LogP contribution is 2.24. The van der Waals surface area contributed by atoms with Gasteiger partial charge in [-0.3, -0.25) is 0 Å². The van der Waals surface area contributed by atoms with Gasteiger partial charge in [-0.1, -0.05) is 6.07 Å². The number of hydrogen-bond acceptors (Lipinski definition) is 3. The van der Waals surface area contributed by atoms with Gasteiger partial charge in [-0.25, -0.2) is 0 Å². The van der Waals surface area contributed by atoms with E-state index in [2.05, 4.69) is 12.2 Å². The highest BCUT2D eigenvalue weighted by Gasteiger charge is 1.98. The molecule has 0 unspecified atom stereocenters. The topological polar surface area (TPSA) is 47.3 Å². The molecular weight excluding hydrogens is 212 g/mol. The molecule has 2 aromatic rings. The Labute approximate surface area is 101 Å². The molecular formula is C14H16N2O. The highest BCUT2D eigenvalue weighted by molar-refractivity contribution is 5.49. The van der Waals surface area contributed by atoms with Crippen molar-refractivity contribution in [2.24, 2.45) is 0 Å². The van der Waals surface area contributed by atoms with Gasteiger partial charge in [0.05, 0.1) is 0 Å². The summed E-state index contributed by atoms with van der Waals surface area (Å²) in [6.07, 6.45) is 0. The second kappa shape index (κ2) is 5.25. The number of nitrogens with one attached hydrogen (secondary N) is 1. The third-order valence-electron chi connectivity index (χ3n) is 2.33. The molecule has 2 rings (SSSR count). The highest BCUT2D eigenvalue weighted by atomic mass is 16.5. The maximum absolute atomic E-state index is 5.72. The molecule has 3 heteroatoms. The van der Waals surface area contributed by atoms with Crippen molar-refractivity contribution >= 4 is 11.4 Å². The first-order valence-electron chi connectivity index (χ1n) is 5.65. The lowest BCUT2D eigenvalue weighted by molar-refractivity contribution is 0.483. The van der Waals surface area contributed by atoms with Crippen LogP contribution in [0, 0.1) is 0 Å². The maximum Gasteiger partial charge on any atom is 0.129 e. The molecule has 0 aliphatic carbocycles. The molecule has 0 bridgehead atoms. The molecule has 0 aliphatic rings. The van der Waals surface area contributed by atoms with Crippen molar-refractivity contribution in [3.05, 3.63) is 48.5 Å². The van der Waals surface area contributed by atoms with Crippen molar-refractivity contribution in [2.75, 3.05) is 17.6 Å². The summed E-state index contributed by atoms with van der Waals surface area (Å²) in [5, 5.41) is 3.24. The Bertz CT molecular complexity index is 480. The van der Waals surface area contributed by atoms with E-state index in [4.69, 9.17) is 10.5 Å². The first-order chi connectivity index (χ1) is 8.28. The van der Waals surface area contributed by atoms with Gasteiger partial charge >= 0.3 is 0 Å². The number of anilines is 2. The quantitative estimate of drug-likeness (QED) is 0.787. The van der Waals surface area contributed by atoms with E-state index in [0.29, 0.717) is 0 Å². The molecule has 17 heavy (non-hydrogen) atoms. The summed E-state index contributed by atoms with van der Waals surface area (Å²) in [4.78, 5) is 0. The van der Waals surface area contributed by atoms with E-state index in [9.17, 15) is 0 Å². The van der Waals surface area contributed by atoms with E-state index in [-0.39, 0.29) is 0 Å². The van der Waals surface area contributed by atoms with Crippen molar-refractivity contribution in [2.45, 2.75) is 6.92 Å². The second-order valence-corrected chi connectivity index (χ2v) is 3.73. The lowest BCUT2D eigenvalue weighted by Crippen LogP contribution is -1.96. The fraction of sp³-hybridized carbons (Fsp3) is 0.143. The fourth-order valence-corrected chi connectivity index (χ4v) is 1.55. The number of benzene rings is 2. The summed E-state index contributed by atoms with van der Waals surface area (Å²) in [6, 6.07) is 15.2. The number of nitrogen functional groups attached to an aromatic ring is 1. The predicted octanol–water partition coefficient (Wildman–Crippen LogP) is 3.49. The van der Waals surface area contributed by atoms with Gasteiger partial charge in [0.1, 0.15) is 11.5 Å². The van der Waals surface area contributed by atoms with Crippen molar-refractivity contribution in [3.8, 4) is 11.5 Å². The molecule has 3 nitrogen and oxygen atoms in total. The molecule has 0 heterocycles. The van der Waals surface area contributed by atoms with Crippen LogP contribution in [0.5, 0.6) is 11.5 Å². The molecule has 0 aromatic heterocycles. The number of hydrogen-bond donors (Lipinski definition) is 2. The number of nitrogens with two attached hydrogens (primary N) is 1. The Morgan fingerprint density at radius 1 is 1.06 bits per heavy atom. The largest absolute Gasteiger partial charge is 0.457 e. The minimum Gasteiger partial charge on any atom is -0.457 e. The molecule has 0 saturated carbocycles. The Balaban J connectivity index is 2.12. The molecule has 88 valence electrons. The zero-order chi connectivity index (χ0) is 12.1. The van der Waals surface area contributed by atoms with Crippen LogP contribution in [0.4, 0.5) is 11.4 Å². The van der Waals surface area contributed by atoms with Crippen LogP contribution < -0.4 is 15.8 Å². The van der Waals surface area contributed by atoms with Gasteiger partial charge in [0.25, 0.3) is 0 Å².